The maximum absolute atomic E-state index is 13.3. The van der Waals surface area contributed by atoms with E-state index in [-0.39, 0.29) is 17.3 Å². The summed E-state index contributed by atoms with van der Waals surface area (Å²) >= 11 is 0. The number of aromatic nitrogens is 1. The molecule has 1 N–H and O–H groups in total. The summed E-state index contributed by atoms with van der Waals surface area (Å²) < 4.78 is 19.0. The fraction of sp³-hybridized carbons (Fsp3) is 0.348. The number of carbonyl (C=O) groups excluding carboxylic acids is 1. The molecule has 7 heteroatoms. The van der Waals surface area contributed by atoms with Crippen LogP contribution in [0.5, 0.6) is 5.75 Å². The maximum Gasteiger partial charge on any atom is 0.262 e. The van der Waals surface area contributed by atoms with Gasteiger partial charge in [0, 0.05) is 6.54 Å². The van der Waals surface area contributed by atoms with E-state index in [2.05, 4.69) is 10.3 Å². The van der Waals surface area contributed by atoms with Gasteiger partial charge in [0.15, 0.2) is 0 Å². The Hall–Kier alpha value is -3.24. The SMILES string of the molecule is CCCC(NC(=O)/C(C#N)=C/c1cccc(F)n1)c1ccc(OCCN(C)C)cc1. The first-order valence-corrected chi connectivity index (χ1v) is 9.85. The molecule has 6 nitrogen and oxygen atoms in total. The fourth-order valence-corrected chi connectivity index (χ4v) is 2.79. The number of carbonyl (C=O) groups is 1. The monoisotopic (exact) mass is 410 g/mol. The number of pyridine rings is 1. The van der Waals surface area contributed by atoms with Crippen molar-refractivity contribution < 1.29 is 13.9 Å². The Morgan fingerprint density at radius 3 is 2.63 bits per heavy atom. The maximum atomic E-state index is 13.3. The Morgan fingerprint density at radius 1 is 1.30 bits per heavy atom. The van der Waals surface area contributed by atoms with Crippen LogP contribution in [0, 0.1) is 17.3 Å². The summed E-state index contributed by atoms with van der Waals surface area (Å²) in [6.45, 7) is 3.43. The summed E-state index contributed by atoms with van der Waals surface area (Å²) in [5, 5.41) is 12.3. The molecule has 0 fully saturated rings. The second-order valence-electron chi connectivity index (χ2n) is 7.09. The minimum Gasteiger partial charge on any atom is -0.492 e. The average Bonchev–Trinajstić information content (AvgIpc) is 2.72. The molecule has 0 bridgehead atoms. The zero-order valence-corrected chi connectivity index (χ0v) is 17.6. The van der Waals surface area contributed by atoms with Gasteiger partial charge in [-0.05, 0) is 56.4 Å². The third-order valence-corrected chi connectivity index (χ3v) is 4.37. The highest BCUT2D eigenvalue weighted by atomic mass is 19.1. The molecule has 1 amide bonds. The molecule has 2 rings (SSSR count). The number of hydrogen-bond donors (Lipinski definition) is 1. The van der Waals surface area contributed by atoms with E-state index in [0.717, 1.165) is 24.3 Å². The summed E-state index contributed by atoms with van der Waals surface area (Å²) in [5.74, 6) is -0.427. The molecule has 2 aromatic rings. The largest absolute Gasteiger partial charge is 0.492 e. The summed E-state index contributed by atoms with van der Waals surface area (Å²) in [7, 11) is 3.97. The molecule has 1 unspecified atom stereocenters. The predicted octanol–water partition coefficient (Wildman–Crippen LogP) is 3.73. The molecule has 1 aromatic heterocycles. The van der Waals surface area contributed by atoms with E-state index in [0.29, 0.717) is 13.0 Å². The second-order valence-corrected chi connectivity index (χ2v) is 7.09. The molecular formula is C23H27FN4O2. The molecule has 0 radical (unpaired) electrons. The molecule has 158 valence electrons. The number of amides is 1. The van der Waals surface area contributed by atoms with Gasteiger partial charge >= 0.3 is 0 Å². The molecule has 1 aromatic carbocycles. The lowest BCUT2D eigenvalue weighted by Gasteiger charge is -2.19. The minimum absolute atomic E-state index is 0.127. The van der Waals surface area contributed by atoms with Crippen molar-refractivity contribution in [2.45, 2.75) is 25.8 Å². The van der Waals surface area contributed by atoms with Gasteiger partial charge in [0.1, 0.15) is 24.0 Å². The molecule has 30 heavy (non-hydrogen) atoms. The highest BCUT2D eigenvalue weighted by Crippen LogP contribution is 2.22. The highest BCUT2D eigenvalue weighted by Gasteiger charge is 2.17. The highest BCUT2D eigenvalue weighted by molar-refractivity contribution is 6.01. The van der Waals surface area contributed by atoms with Gasteiger partial charge in [0.25, 0.3) is 5.91 Å². The Morgan fingerprint density at radius 2 is 2.03 bits per heavy atom. The van der Waals surface area contributed by atoms with E-state index >= 15 is 0 Å². The van der Waals surface area contributed by atoms with Crippen molar-refractivity contribution in [2.75, 3.05) is 27.2 Å². The standard InChI is InChI=1S/C23H27FN4O2/c1-4-6-21(17-9-11-20(12-10-17)30-14-13-28(2)3)27-23(29)18(16-25)15-19-7-5-8-22(24)26-19/h5,7-12,15,21H,4,6,13-14H2,1-3H3,(H,27,29)/b18-15+. The molecule has 0 aliphatic rings. The van der Waals surface area contributed by atoms with Crippen molar-refractivity contribution in [3.8, 4) is 11.8 Å². The van der Waals surface area contributed by atoms with E-state index in [9.17, 15) is 14.4 Å². The Labute approximate surface area is 177 Å². The molecule has 0 spiro atoms. The van der Waals surface area contributed by atoms with Gasteiger partial charge in [0.05, 0.1) is 11.7 Å². The number of rotatable bonds is 10. The van der Waals surface area contributed by atoms with Gasteiger partial charge in [0.2, 0.25) is 5.95 Å². The lowest BCUT2D eigenvalue weighted by Crippen LogP contribution is -2.29. The zero-order valence-electron chi connectivity index (χ0n) is 17.6. The Kier molecular flexibility index (Phi) is 8.98. The number of likely N-dealkylation sites (N-methyl/N-ethyl adjacent to an activating group) is 1. The van der Waals surface area contributed by atoms with Crippen molar-refractivity contribution in [3.05, 3.63) is 65.2 Å². The second kappa shape index (κ2) is 11.7. The first kappa shape index (κ1) is 23.0. The van der Waals surface area contributed by atoms with E-state index in [1.807, 2.05) is 56.3 Å². The van der Waals surface area contributed by atoms with E-state index in [4.69, 9.17) is 4.74 Å². The number of halogens is 1. The van der Waals surface area contributed by atoms with Crippen LogP contribution in [0.15, 0.2) is 48.0 Å². The van der Waals surface area contributed by atoms with Crippen LogP contribution in [0.4, 0.5) is 4.39 Å². The third-order valence-electron chi connectivity index (χ3n) is 4.37. The normalized spacial score (nSPS) is 12.3. The summed E-state index contributed by atoms with van der Waals surface area (Å²) in [4.78, 5) is 18.4. The lowest BCUT2D eigenvalue weighted by atomic mass is 10.0. The minimum atomic E-state index is -0.668. The third kappa shape index (κ3) is 7.30. The van der Waals surface area contributed by atoms with Gasteiger partial charge < -0.3 is 15.0 Å². The van der Waals surface area contributed by atoms with Gasteiger partial charge in [-0.15, -0.1) is 0 Å². The van der Waals surface area contributed by atoms with Crippen LogP contribution in [0.1, 0.15) is 37.1 Å². The smallest absolute Gasteiger partial charge is 0.262 e. The molecule has 0 saturated carbocycles. The molecule has 1 heterocycles. The molecular weight excluding hydrogens is 383 g/mol. The Balaban J connectivity index is 2.10. The van der Waals surface area contributed by atoms with Crippen LogP contribution in [-0.2, 0) is 4.79 Å². The average molecular weight is 410 g/mol. The van der Waals surface area contributed by atoms with E-state index in [1.165, 1.54) is 24.3 Å². The number of benzene rings is 1. The number of ether oxygens (including phenoxy) is 1. The predicted molar refractivity (Wildman–Crippen MR) is 114 cm³/mol. The first-order valence-electron chi connectivity index (χ1n) is 9.85. The zero-order chi connectivity index (χ0) is 21.9. The van der Waals surface area contributed by atoms with Gasteiger partial charge in [-0.1, -0.05) is 31.5 Å². The van der Waals surface area contributed by atoms with E-state index < -0.39 is 11.9 Å². The lowest BCUT2D eigenvalue weighted by molar-refractivity contribution is -0.117. The van der Waals surface area contributed by atoms with Crippen LogP contribution in [0.3, 0.4) is 0 Å². The van der Waals surface area contributed by atoms with E-state index in [1.54, 1.807) is 0 Å². The summed E-state index contributed by atoms with van der Waals surface area (Å²) in [6.07, 6.45) is 2.84. The van der Waals surface area contributed by atoms with Crippen molar-refractivity contribution in [2.24, 2.45) is 0 Å². The van der Waals surface area contributed by atoms with Crippen LogP contribution < -0.4 is 10.1 Å². The molecule has 0 saturated heterocycles. The number of nitriles is 1. The van der Waals surface area contributed by atoms with Crippen LogP contribution >= 0.6 is 0 Å². The van der Waals surface area contributed by atoms with Gasteiger partial charge in [-0.3, -0.25) is 4.79 Å². The van der Waals surface area contributed by atoms with Crippen molar-refractivity contribution in [1.82, 2.24) is 15.2 Å². The van der Waals surface area contributed by atoms with Crippen molar-refractivity contribution >= 4 is 12.0 Å². The number of nitrogens with one attached hydrogen (secondary N) is 1. The van der Waals surface area contributed by atoms with Gasteiger partial charge in [-0.2, -0.15) is 9.65 Å². The number of hydrogen-bond acceptors (Lipinski definition) is 5. The van der Waals surface area contributed by atoms with Crippen molar-refractivity contribution in [3.63, 3.8) is 0 Å². The van der Waals surface area contributed by atoms with Gasteiger partial charge in [-0.25, -0.2) is 4.98 Å². The first-order chi connectivity index (χ1) is 14.4. The quantitative estimate of drug-likeness (QED) is 0.367. The molecule has 1 atom stereocenters. The van der Waals surface area contributed by atoms with Crippen LogP contribution in [0.2, 0.25) is 0 Å². The fourth-order valence-electron chi connectivity index (χ4n) is 2.79. The summed E-state index contributed by atoms with van der Waals surface area (Å²) in [6, 6.07) is 13.4. The Bertz CT molecular complexity index is 904. The molecule has 0 aliphatic heterocycles. The molecule has 0 aliphatic carbocycles. The topological polar surface area (TPSA) is 78.2 Å². The summed E-state index contributed by atoms with van der Waals surface area (Å²) in [5.41, 5.74) is 1.01. The van der Waals surface area contributed by atoms with Crippen molar-refractivity contribution in [1.29, 1.82) is 5.26 Å². The van der Waals surface area contributed by atoms with Crippen LogP contribution in [0.25, 0.3) is 6.08 Å². The number of nitrogens with zero attached hydrogens (tertiary/aromatic N) is 3. The van der Waals surface area contributed by atoms with Crippen LogP contribution in [-0.4, -0.2) is 43.0 Å².